The van der Waals surface area contributed by atoms with Gasteiger partial charge in [0.15, 0.2) is 11.5 Å². The maximum absolute atomic E-state index is 12.5. The highest BCUT2D eigenvalue weighted by Crippen LogP contribution is 2.37. The first-order chi connectivity index (χ1) is 11.3. The summed E-state index contributed by atoms with van der Waals surface area (Å²) in [4.78, 5) is 12.8. The van der Waals surface area contributed by atoms with Crippen LogP contribution in [0.1, 0.15) is 18.9 Å². The van der Waals surface area contributed by atoms with Gasteiger partial charge in [-0.2, -0.15) is 8.78 Å². The molecule has 7 nitrogen and oxygen atoms in total. The van der Waals surface area contributed by atoms with Gasteiger partial charge in [-0.05, 0) is 31.0 Å². The van der Waals surface area contributed by atoms with Crippen molar-refractivity contribution < 1.29 is 23.2 Å². The number of likely N-dealkylation sites (tertiary alicyclic amines) is 1. The average Bonchev–Trinajstić information content (AvgIpc) is 2.89. The SMILES string of the molecule is COc1cc(CN2CCC(C)(CN)C2)c([N+](=O)[O-])cc1OC(F)F.Cl. The third-order valence-electron chi connectivity index (χ3n) is 4.30. The average molecular weight is 382 g/mol. The fourth-order valence-electron chi connectivity index (χ4n) is 2.90. The maximum atomic E-state index is 12.5. The zero-order valence-corrected chi connectivity index (χ0v) is 14.9. The van der Waals surface area contributed by atoms with E-state index in [4.69, 9.17) is 10.5 Å². The predicted molar refractivity (Wildman–Crippen MR) is 90.6 cm³/mol. The van der Waals surface area contributed by atoms with Crippen molar-refractivity contribution >= 4 is 18.1 Å². The molecule has 0 spiro atoms. The lowest BCUT2D eigenvalue weighted by molar-refractivity contribution is -0.385. The zero-order valence-electron chi connectivity index (χ0n) is 14.0. The summed E-state index contributed by atoms with van der Waals surface area (Å²) < 4.78 is 34.2. The number of nitrogens with two attached hydrogens (primary N) is 1. The Bertz CT molecular complexity index is 621. The van der Waals surface area contributed by atoms with Crippen molar-refractivity contribution in [3.05, 3.63) is 27.8 Å². The quantitative estimate of drug-likeness (QED) is 0.577. The van der Waals surface area contributed by atoms with Gasteiger partial charge in [-0.3, -0.25) is 15.0 Å². The number of rotatable bonds is 7. The molecule has 0 bridgehead atoms. The van der Waals surface area contributed by atoms with Gasteiger partial charge in [0.1, 0.15) is 0 Å². The molecule has 0 amide bonds. The monoisotopic (exact) mass is 381 g/mol. The second-order valence-corrected chi connectivity index (χ2v) is 6.24. The molecule has 0 radical (unpaired) electrons. The van der Waals surface area contributed by atoms with E-state index < -0.39 is 11.5 Å². The van der Waals surface area contributed by atoms with Crippen LogP contribution in [0, 0.1) is 15.5 Å². The molecule has 1 unspecified atom stereocenters. The van der Waals surface area contributed by atoms with Crippen LogP contribution in [0.5, 0.6) is 11.5 Å². The molecule has 10 heteroatoms. The zero-order chi connectivity index (χ0) is 17.9. The van der Waals surface area contributed by atoms with Crippen molar-refractivity contribution in [3.8, 4) is 11.5 Å². The molecule has 0 aliphatic carbocycles. The van der Waals surface area contributed by atoms with Gasteiger partial charge in [0, 0.05) is 18.7 Å². The number of nitrogens with zero attached hydrogens (tertiary/aromatic N) is 2. The predicted octanol–water partition coefficient (Wildman–Crippen LogP) is 2.80. The standard InChI is InChI=1S/C15H21F2N3O4.ClH/c1-15(8-18)3-4-19(9-15)7-10-5-12(23-2)13(24-14(16)17)6-11(10)20(21)22;/h5-6,14H,3-4,7-9,18H2,1-2H3;1H. The van der Waals surface area contributed by atoms with Gasteiger partial charge >= 0.3 is 6.61 Å². The molecule has 142 valence electrons. The Balaban J connectivity index is 0.00000312. The van der Waals surface area contributed by atoms with Crippen LogP contribution in [0.2, 0.25) is 0 Å². The van der Waals surface area contributed by atoms with Gasteiger partial charge in [-0.25, -0.2) is 0 Å². The lowest BCUT2D eigenvalue weighted by Crippen LogP contribution is -2.31. The lowest BCUT2D eigenvalue weighted by atomic mass is 9.90. The van der Waals surface area contributed by atoms with E-state index in [-0.39, 0.29) is 35.0 Å². The number of methoxy groups -OCH3 is 1. The van der Waals surface area contributed by atoms with Gasteiger partial charge in [-0.1, -0.05) is 6.92 Å². The van der Waals surface area contributed by atoms with Crippen LogP contribution in [0.25, 0.3) is 0 Å². The number of nitro benzene ring substituents is 1. The molecular formula is C15H22ClF2N3O4. The highest BCUT2D eigenvalue weighted by Gasteiger charge is 2.33. The van der Waals surface area contributed by atoms with Crippen LogP contribution in [-0.2, 0) is 6.54 Å². The summed E-state index contributed by atoms with van der Waals surface area (Å²) in [5.74, 6) is -0.312. The van der Waals surface area contributed by atoms with Crippen molar-refractivity contribution in [2.75, 3.05) is 26.7 Å². The Morgan fingerprint density at radius 2 is 2.12 bits per heavy atom. The lowest BCUT2D eigenvalue weighted by Gasteiger charge is -2.22. The van der Waals surface area contributed by atoms with E-state index in [0.29, 0.717) is 18.7 Å². The Morgan fingerprint density at radius 1 is 1.44 bits per heavy atom. The number of halogens is 3. The van der Waals surface area contributed by atoms with E-state index in [0.717, 1.165) is 25.6 Å². The summed E-state index contributed by atoms with van der Waals surface area (Å²) in [6.07, 6.45) is 0.904. The van der Waals surface area contributed by atoms with Crippen molar-refractivity contribution in [1.82, 2.24) is 4.90 Å². The van der Waals surface area contributed by atoms with Crippen LogP contribution in [-0.4, -0.2) is 43.2 Å². The van der Waals surface area contributed by atoms with E-state index in [1.807, 2.05) is 0 Å². The Labute approximate surface area is 150 Å². The number of alkyl halides is 2. The third kappa shape index (κ3) is 5.13. The number of hydrogen-bond acceptors (Lipinski definition) is 6. The van der Waals surface area contributed by atoms with Crippen LogP contribution in [0.3, 0.4) is 0 Å². The number of hydrogen-bond donors (Lipinski definition) is 1. The molecule has 1 aliphatic rings. The topological polar surface area (TPSA) is 90.9 Å². The van der Waals surface area contributed by atoms with E-state index in [1.165, 1.54) is 13.2 Å². The summed E-state index contributed by atoms with van der Waals surface area (Å²) in [5, 5.41) is 11.3. The number of ether oxygens (including phenoxy) is 2. The Kier molecular flexibility index (Phi) is 7.33. The Hall–Kier alpha value is -1.71. The molecular weight excluding hydrogens is 360 g/mol. The number of nitro groups is 1. The summed E-state index contributed by atoms with van der Waals surface area (Å²) in [5.41, 5.74) is 5.87. The summed E-state index contributed by atoms with van der Waals surface area (Å²) >= 11 is 0. The summed E-state index contributed by atoms with van der Waals surface area (Å²) in [7, 11) is 1.30. The van der Waals surface area contributed by atoms with Gasteiger partial charge in [0.2, 0.25) is 0 Å². The van der Waals surface area contributed by atoms with Crippen LogP contribution < -0.4 is 15.2 Å². The van der Waals surface area contributed by atoms with Crippen molar-refractivity contribution in [3.63, 3.8) is 0 Å². The van der Waals surface area contributed by atoms with Crippen LogP contribution in [0.15, 0.2) is 12.1 Å². The minimum Gasteiger partial charge on any atom is -0.493 e. The van der Waals surface area contributed by atoms with E-state index in [9.17, 15) is 18.9 Å². The van der Waals surface area contributed by atoms with E-state index >= 15 is 0 Å². The fraction of sp³-hybridized carbons (Fsp3) is 0.600. The smallest absolute Gasteiger partial charge is 0.387 e. The Morgan fingerprint density at radius 3 is 2.60 bits per heavy atom. The number of benzene rings is 1. The van der Waals surface area contributed by atoms with Gasteiger partial charge < -0.3 is 15.2 Å². The molecule has 1 aromatic rings. The second-order valence-electron chi connectivity index (χ2n) is 6.24. The highest BCUT2D eigenvalue weighted by atomic mass is 35.5. The summed E-state index contributed by atoms with van der Waals surface area (Å²) in [6.45, 7) is 1.32. The first-order valence-electron chi connectivity index (χ1n) is 7.50. The minimum atomic E-state index is -3.09. The highest BCUT2D eigenvalue weighted by molar-refractivity contribution is 5.85. The molecule has 1 aliphatic heterocycles. The molecule has 2 rings (SSSR count). The molecule has 0 aromatic heterocycles. The molecule has 1 atom stereocenters. The van der Waals surface area contributed by atoms with E-state index in [1.54, 1.807) is 0 Å². The van der Waals surface area contributed by atoms with Crippen LogP contribution in [0.4, 0.5) is 14.5 Å². The first-order valence-corrected chi connectivity index (χ1v) is 7.50. The normalized spacial score (nSPS) is 20.4. The second kappa shape index (κ2) is 8.59. The molecule has 1 saturated heterocycles. The molecule has 2 N–H and O–H groups in total. The molecule has 25 heavy (non-hydrogen) atoms. The van der Waals surface area contributed by atoms with Gasteiger partial charge in [0.05, 0.1) is 18.1 Å². The van der Waals surface area contributed by atoms with Crippen LogP contribution >= 0.6 is 12.4 Å². The minimum absolute atomic E-state index is 0. The first kappa shape index (κ1) is 21.3. The van der Waals surface area contributed by atoms with Crippen molar-refractivity contribution in [2.24, 2.45) is 11.1 Å². The fourth-order valence-corrected chi connectivity index (χ4v) is 2.90. The molecule has 1 fully saturated rings. The van der Waals surface area contributed by atoms with Gasteiger partial charge in [-0.15, -0.1) is 12.4 Å². The van der Waals surface area contributed by atoms with Gasteiger partial charge in [0.25, 0.3) is 5.69 Å². The van der Waals surface area contributed by atoms with E-state index in [2.05, 4.69) is 16.6 Å². The largest absolute Gasteiger partial charge is 0.493 e. The summed E-state index contributed by atoms with van der Waals surface area (Å²) in [6, 6.07) is 2.37. The third-order valence-corrected chi connectivity index (χ3v) is 4.30. The molecule has 0 saturated carbocycles. The molecule has 1 aromatic carbocycles. The van der Waals surface area contributed by atoms with Crippen molar-refractivity contribution in [1.29, 1.82) is 0 Å². The molecule has 1 heterocycles. The van der Waals surface area contributed by atoms with Crippen molar-refractivity contribution in [2.45, 2.75) is 26.5 Å². The maximum Gasteiger partial charge on any atom is 0.387 e.